The molecule has 0 aromatic heterocycles. The summed E-state index contributed by atoms with van der Waals surface area (Å²) >= 11 is 1.05. The molecule has 1 amide bonds. The zero-order valence-corrected chi connectivity index (χ0v) is 14.3. The van der Waals surface area contributed by atoms with Crippen molar-refractivity contribution in [3.63, 3.8) is 0 Å². The Morgan fingerprint density at radius 2 is 1.80 bits per heavy atom. The largest absolute Gasteiger partial charge is 0.334 e. The Bertz CT molecular complexity index is 468. The van der Waals surface area contributed by atoms with E-state index in [1.807, 2.05) is 12.1 Å². The van der Waals surface area contributed by atoms with E-state index in [0.29, 0.717) is 6.04 Å². The van der Waals surface area contributed by atoms with Crippen molar-refractivity contribution in [2.75, 3.05) is 26.2 Å². The number of rotatable bonds is 3. The summed E-state index contributed by atoms with van der Waals surface area (Å²) in [6, 6.07) is 8.60. The van der Waals surface area contributed by atoms with Gasteiger partial charge >= 0.3 is 0 Å². The van der Waals surface area contributed by atoms with Crippen LogP contribution in [0.15, 0.2) is 24.3 Å². The Balaban J connectivity index is 1.67. The van der Waals surface area contributed by atoms with Crippen molar-refractivity contribution in [3.8, 4) is 0 Å². The van der Waals surface area contributed by atoms with Gasteiger partial charge in [-0.25, -0.2) is 0 Å². The summed E-state index contributed by atoms with van der Waals surface area (Å²) in [4.78, 5) is 17.3. The molecule has 1 aromatic carbocycles. The van der Waals surface area contributed by atoms with Crippen molar-refractivity contribution < 1.29 is 4.79 Å². The maximum atomic E-state index is 12.7. The summed E-state index contributed by atoms with van der Waals surface area (Å²) in [6.07, 6.45) is 4.97. The highest BCUT2D eigenvalue weighted by Crippen LogP contribution is 2.22. The first kappa shape index (κ1) is 14.1. The molecule has 3 nitrogen and oxygen atoms in total. The van der Waals surface area contributed by atoms with Gasteiger partial charge in [-0.15, -0.1) is 4.43 Å². The van der Waals surface area contributed by atoms with Gasteiger partial charge in [-0.3, -0.25) is 4.79 Å². The van der Waals surface area contributed by atoms with Crippen LogP contribution in [-0.2, 0) is 0 Å². The van der Waals surface area contributed by atoms with Crippen molar-refractivity contribution in [2.45, 2.75) is 31.7 Å². The van der Waals surface area contributed by atoms with Gasteiger partial charge in [0.2, 0.25) is 0 Å². The van der Waals surface area contributed by atoms with E-state index in [1.54, 1.807) is 0 Å². The summed E-state index contributed by atoms with van der Waals surface area (Å²) < 4.78 is 1.34. The summed E-state index contributed by atoms with van der Waals surface area (Å²) in [5.74, 6) is 0.230. The van der Waals surface area contributed by atoms with E-state index < -0.39 is 0 Å². The molecule has 0 aliphatic carbocycles. The summed E-state index contributed by atoms with van der Waals surface area (Å²) in [5, 5.41) is 0. The molecule has 106 valence electrons. The smallest absolute Gasteiger partial charge is 0.258 e. The fourth-order valence-electron chi connectivity index (χ4n) is 3.42. The first-order chi connectivity index (χ1) is 9.74. The number of likely N-dealkylation sites (tertiary alicyclic amines) is 2. The second-order valence-electron chi connectivity index (χ2n) is 6.17. The maximum Gasteiger partial charge on any atom is 0.258 e. The molecule has 0 unspecified atom stereocenters. The van der Waals surface area contributed by atoms with Gasteiger partial charge in [-0.1, -0.05) is 24.3 Å². The number of hydrogen-bond acceptors (Lipinski definition) is 2. The quantitative estimate of drug-likeness (QED) is 0.762. The average Bonchev–Trinajstić information content (AvgIpc) is 3.11. The van der Waals surface area contributed by atoms with E-state index in [-0.39, 0.29) is 5.91 Å². The van der Waals surface area contributed by atoms with Crippen LogP contribution < -0.4 is 4.43 Å². The second-order valence-corrected chi connectivity index (χ2v) is 7.32. The zero-order valence-electron chi connectivity index (χ0n) is 12.3. The standard InChI is InChI=1S/C16H21N2O.Al.2H/c19-16(14-7-2-1-3-8-14)18-12-6-9-15(18)13-17-10-4-5-11-17;;;/h2-3,7-8,15H,4-6,9-13H2;;;/t15-;;;/m0.../s1. The van der Waals surface area contributed by atoms with Gasteiger partial charge in [-0.2, -0.15) is 0 Å². The Kier molecular flexibility index (Phi) is 4.45. The van der Waals surface area contributed by atoms with E-state index in [2.05, 4.69) is 21.9 Å². The molecule has 2 heterocycles. The lowest BCUT2D eigenvalue weighted by molar-refractivity contribution is 0.0709. The van der Waals surface area contributed by atoms with Gasteiger partial charge in [0.15, 0.2) is 0 Å². The molecule has 2 saturated heterocycles. The van der Waals surface area contributed by atoms with Crippen LogP contribution in [0, 0.1) is 0 Å². The van der Waals surface area contributed by atoms with E-state index in [1.165, 1.54) is 36.8 Å². The van der Waals surface area contributed by atoms with Crippen LogP contribution in [0.2, 0.25) is 0 Å². The van der Waals surface area contributed by atoms with Gasteiger partial charge in [0, 0.05) is 24.7 Å². The van der Waals surface area contributed by atoms with Gasteiger partial charge < -0.3 is 9.80 Å². The number of carbonyl (C=O) groups is 1. The van der Waals surface area contributed by atoms with Gasteiger partial charge in [-0.05, 0) is 38.8 Å². The third kappa shape index (κ3) is 3.09. The molecule has 0 N–H and O–H groups in total. The van der Waals surface area contributed by atoms with Crippen LogP contribution in [0.5, 0.6) is 0 Å². The van der Waals surface area contributed by atoms with Crippen molar-refractivity contribution in [1.29, 1.82) is 0 Å². The Labute approximate surface area is 129 Å². The van der Waals surface area contributed by atoms with E-state index in [9.17, 15) is 4.79 Å². The number of carbonyl (C=O) groups excluding carboxylic acids is 1. The molecular weight excluding hydrogens is 263 g/mol. The molecule has 2 aliphatic rings. The minimum Gasteiger partial charge on any atom is -0.334 e. The normalized spacial score (nSPS) is 23.4. The predicted octanol–water partition coefficient (Wildman–Crippen LogP) is 0.645. The molecule has 1 atom stereocenters. The van der Waals surface area contributed by atoms with Gasteiger partial charge in [0.1, 0.15) is 0 Å². The fourth-order valence-corrected chi connectivity index (χ4v) is 3.75. The molecule has 2 aliphatic heterocycles. The highest BCUT2D eigenvalue weighted by atomic mass is 27.0. The van der Waals surface area contributed by atoms with Crippen LogP contribution >= 0.6 is 0 Å². The lowest BCUT2D eigenvalue weighted by Crippen LogP contribution is -2.42. The summed E-state index contributed by atoms with van der Waals surface area (Å²) in [6.45, 7) is 4.44. The molecule has 3 rings (SSSR count). The Morgan fingerprint density at radius 1 is 1.10 bits per heavy atom. The Hall–Kier alpha value is -0.818. The molecule has 4 heteroatoms. The van der Waals surface area contributed by atoms with E-state index in [4.69, 9.17) is 0 Å². The number of nitrogens with zero attached hydrogens (tertiary/aromatic N) is 2. The van der Waals surface area contributed by atoms with Crippen LogP contribution in [-0.4, -0.2) is 64.2 Å². The molecule has 1 aromatic rings. The van der Waals surface area contributed by atoms with Crippen LogP contribution in [0.1, 0.15) is 36.0 Å². The summed E-state index contributed by atoms with van der Waals surface area (Å²) in [5.41, 5.74) is 0.859. The molecule has 0 spiro atoms. The van der Waals surface area contributed by atoms with E-state index in [0.717, 1.165) is 41.4 Å². The first-order valence-electron chi connectivity index (χ1n) is 7.84. The van der Waals surface area contributed by atoms with Crippen molar-refractivity contribution in [2.24, 2.45) is 0 Å². The monoisotopic (exact) mass is 286 g/mol. The highest BCUT2D eigenvalue weighted by Gasteiger charge is 2.31. The summed E-state index contributed by atoms with van der Waals surface area (Å²) in [7, 11) is 0. The van der Waals surface area contributed by atoms with Gasteiger partial charge in [0.05, 0.1) is 0 Å². The number of hydrogen-bond donors (Lipinski definition) is 0. The van der Waals surface area contributed by atoms with Crippen LogP contribution in [0.4, 0.5) is 0 Å². The molecule has 0 radical (unpaired) electrons. The highest BCUT2D eigenvalue weighted by molar-refractivity contribution is 6.32. The van der Waals surface area contributed by atoms with E-state index >= 15 is 0 Å². The molecule has 20 heavy (non-hydrogen) atoms. The molecular formula is C16H23AlN2O. The molecule has 2 fully saturated rings. The topological polar surface area (TPSA) is 23.6 Å². The Morgan fingerprint density at radius 3 is 2.50 bits per heavy atom. The molecule has 0 bridgehead atoms. The lowest BCUT2D eigenvalue weighted by Gasteiger charge is -2.28. The lowest BCUT2D eigenvalue weighted by atomic mass is 10.1. The first-order valence-corrected chi connectivity index (χ1v) is 8.84. The van der Waals surface area contributed by atoms with Crippen molar-refractivity contribution in [1.82, 2.24) is 9.80 Å². The maximum absolute atomic E-state index is 12.7. The average molecular weight is 286 g/mol. The molecule has 0 saturated carbocycles. The second kappa shape index (κ2) is 6.30. The SMILES string of the molecule is O=C(c1cc[c]([AlH2])cc1)N1CCC[C@H]1CN1CCCC1. The number of amides is 1. The number of benzene rings is 1. The fraction of sp³-hybridized carbons (Fsp3) is 0.562. The predicted molar refractivity (Wildman–Crippen MR) is 84.4 cm³/mol. The van der Waals surface area contributed by atoms with Crippen LogP contribution in [0.25, 0.3) is 0 Å². The minimum atomic E-state index is 0.230. The zero-order chi connectivity index (χ0) is 13.9. The van der Waals surface area contributed by atoms with Crippen molar-refractivity contribution in [3.05, 3.63) is 29.8 Å². The minimum absolute atomic E-state index is 0.230. The third-order valence-electron chi connectivity index (χ3n) is 4.60. The van der Waals surface area contributed by atoms with Crippen molar-refractivity contribution >= 4 is 26.6 Å². The van der Waals surface area contributed by atoms with Crippen LogP contribution in [0.3, 0.4) is 0 Å². The van der Waals surface area contributed by atoms with Gasteiger partial charge in [0.25, 0.3) is 22.2 Å². The third-order valence-corrected chi connectivity index (χ3v) is 5.27.